The second kappa shape index (κ2) is 6.22. The molecule has 0 aliphatic rings. The van der Waals surface area contributed by atoms with Crippen LogP contribution in [0.5, 0.6) is 5.75 Å². The normalized spacial score (nSPS) is 8.93. The van der Waals surface area contributed by atoms with E-state index in [2.05, 4.69) is 20.7 Å². The van der Waals surface area contributed by atoms with Crippen LogP contribution in [0.1, 0.15) is 8.35 Å². The Labute approximate surface area is 118 Å². The van der Waals surface area contributed by atoms with E-state index < -0.39 is 10.9 Å². The quantitative estimate of drug-likeness (QED) is 0.239. The van der Waals surface area contributed by atoms with E-state index in [0.717, 1.165) is 0 Å². The number of halogens is 1. The molecule has 0 radical (unpaired) electrons. The molecule has 0 atom stereocenters. The van der Waals surface area contributed by atoms with Crippen LogP contribution in [0.4, 0.5) is 5.69 Å². The number of esters is 1. The third-order valence-electron chi connectivity index (χ3n) is 1.37. The maximum absolute atomic E-state index is 10.6. The van der Waals surface area contributed by atoms with Crippen molar-refractivity contribution in [1.82, 2.24) is 0 Å². The minimum Gasteiger partial charge on any atom is -1.00 e. The SMILES string of the molecule is CC(=O)Oc1ccc(Br)cc1[N+](=O)[O-].[H-].[Na+]. The summed E-state index contributed by atoms with van der Waals surface area (Å²) in [4.78, 5) is 20.6. The molecule has 0 aliphatic carbocycles. The van der Waals surface area contributed by atoms with Crippen LogP contribution in [0.25, 0.3) is 0 Å². The number of rotatable bonds is 2. The monoisotopic (exact) mass is 283 g/mol. The molecular weight excluding hydrogens is 277 g/mol. The molecule has 0 saturated heterocycles. The minimum absolute atomic E-state index is 0. The number of nitrogens with zero attached hydrogens (tertiary/aromatic N) is 1. The van der Waals surface area contributed by atoms with Crippen molar-refractivity contribution in [2.24, 2.45) is 0 Å². The third kappa shape index (κ3) is 4.29. The van der Waals surface area contributed by atoms with Crippen molar-refractivity contribution in [3.63, 3.8) is 0 Å². The van der Waals surface area contributed by atoms with Crippen LogP contribution in [0, 0.1) is 10.1 Å². The first kappa shape index (κ1) is 14.6. The van der Waals surface area contributed by atoms with Gasteiger partial charge in [0.05, 0.1) is 4.92 Å². The molecule has 76 valence electrons. The Kier molecular flexibility index (Phi) is 6.04. The number of carbonyl (C=O) groups excluding carboxylic acids is 1. The molecule has 0 saturated carbocycles. The number of benzene rings is 1. The summed E-state index contributed by atoms with van der Waals surface area (Å²) in [6.45, 7) is 1.19. The van der Waals surface area contributed by atoms with Crippen molar-refractivity contribution in [1.29, 1.82) is 0 Å². The molecule has 0 aromatic heterocycles. The first-order chi connectivity index (χ1) is 6.50. The summed E-state index contributed by atoms with van der Waals surface area (Å²) in [5.41, 5.74) is -0.241. The number of nitro benzene ring substituents is 1. The summed E-state index contributed by atoms with van der Waals surface area (Å²) in [6.07, 6.45) is 0. The van der Waals surface area contributed by atoms with Crippen LogP contribution in [0.15, 0.2) is 22.7 Å². The van der Waals surface area contributed by atoms with Crippen molar-refractivity contribution in [3.05, 3.63) is 32.8 Å². The third-order valence-corrected chi connectivity index (χ3v) is 1.86. The van der Waals surface area contributed by atoms with E-state index in [-0.39, 0.29) is 42.4 Å². The van der Waals surface area contributed by atoms with Crippen molar-refractivity contribution in [2.75, 3.05) is 0 Å². The van der Waals surface area contributed by atoms with Gasteiger partial charge in [0.25, 0.3) is 0 Å². The van der Waals surface area contributed by atoms with Gasteiger partial charge in [-0.2, -0.15) is 0 Å². The van der Waals surface area contributed by atoms with E-state index in [1.807, 2.05) is 0 Å². The van der Waals surface area contributed by atoms with Crippen LogP contribution < -0.4 is 34.3 Å². The van der Waals surface area contributed by atoms with Gasteiger partial charge in [0.2, 0.25) is 5.75 Å². The summed E-state index contributed by atoms with van der Waals surface area (Å²) in [5.74, 6) is -0.638. The van der Waals surface area contributed by atoms with Gasteiger partial charge in [-0.15, -0.1) is 0 Å². The van der Waals surface area contributed by atoms with Crippen LogP contribution in [0.2, 0.25) is 0 Å². The molecule has 1 rings (SSSR count). The molecule has 0 unspecified atom stereocenters. The van der Waals surface area contributed by atoms with Crippen molar-refractivity contribution >= 4 is 27.6 Å². The predicted octanol–water partition coefficient (Wildman–Crippen LogP) is -0.601. The summed E-state index contributed by atoms with van der Waals surface area (Å²) in [7, 11) is 0. The average Bonchev–Trinajstić information content (AvgIpc) is 2.07. The molecule has 7 heteroatoms. The van der Waals surface area contributed by atoms with Crippen molar-refractivity contribution in [3.8, 4) is 5.75 Å². The molecule has 0 bridgehead atoms. The topological polar surface area (TPSA) is 69.4 Å². The molecule has 1 aromatic carbocycles. The van der Waals surface area contributed by atoms with Gasteiger partial charge in [0.1, 0.15) is 0 Å². The molecule has 0 aliphatic heterocycles. The summed E-state index contributed by atoms with van der Waals surface area (Å²) in [5, 5.41) is 10.5. The zero-order valence-corrected chi connectivity index (χ0v) is 11.8. The molecule has 0 heterocycles. The average molecular weight is 284 g/mol. The fourth-order valence-electron chi connectivity index (χ4n) is 0.874. The van der Waals surface area contributed by atoms with Gasteiger partial charge in [-0.3, -0.25) is 14.9 Å². The van der Waals surface area contributed by atoms with E-state index in [4.69, 9.17) is 0 Å². The smallest absolute Gasteiger partial charge is 1.00 e. The van der Waals surface area contributed by atoms with E-state index in [0.29, 0.717) is 4.47 Å². The van der Waals surface area contributed by atoms with Gasteiger partial charge in [-0.05, 0) is 12.1 Å². The summed E-state index contributed by atoms with van der Waals surface area (Å²) < 4.78 is 5.22. The van der Waals surface area contributed by atoms with Gasteiger partial charge >= 0.3 is 41.2 Å². The Balaban J connectivity index is 0. The Morgan fingerprint density at radius 3 is 2.67 bits per heavy atom. The number of hydrogen-bond donors (Lipinski definition) is 0. The van der Waals surface area contributed by atoms with Gasteiger partial charge < -0.3 is 6.16 Å². The Morgan fingerprint density at radius 1 is 1.60 bits per heavy atom. The van der Waals surface area contributed by atoms with E-state index >= 15 is 0 Å². The van der Waals surface area contributed by atoms with Crippen LogP contribution in [0.3, 0.4) is 0 Å². The maximum Gasteiger partial charge on any atom is 1.00 e. The zero-order valence-electron chi connectivity index (χ0n) is 9.19. The fraction of sp³-hybridized carbons (Fsp3) is 0.125. The van der Waals surface area contributed by atoms with E-state index in [1.165, 1.54) is 19.1 Å². The van der Waals surface area contributed by atoms with Crippen LogP contribution in [-0.2, 0) is 4.79 Å². The van der Waals surface area contributed by atoms with E-state index in [9.17, 15) is 14.9 Å². The maximum atomic E-state index is 10.6. The first-order valence-corrected chi connectivity index (χ1v) is 4.42. The Hall–Kier alpha value is -0.430. The molecule has 0 spiro atoms. The van der Waals surface area contributed by atoms with Crippen molar-refractivity contribution in [2.45, 2.75) is 6.92 Å². The van der Waals surface area contributed by atoms with Gasteiger partial charge in [0, 0.05) is 17.5 Å². The first-order valence-electron chi connectivity index (χ1n) is 3.63. The molecular formula is C8H7BrNNaO4. The van der Waals surface area contributed by atoms with Gasteiger partial charge in [-0.1, -0.05) is 15.9 Å². The molecule has 0 amide bonds. The van der Waals surface area contributed by atoms with Gasteiger partial charge in [-0.25, -0.2) is 0 Å². The molecule has 1 aromatic rings. The minimum atomic E-state index is -0.608. The zero-order chi connectivity index (χ0) is 10.7. The molecule has 0 N–H and O–H groups in total. The largest absolute Gasteiger partial charge is 1.00 e. The van der Waals surface area contributed by atoms with Crippen molar-refractivity contribution < 1.29 is 45.4 Å². The number of ether oxygens (including phenoxy) is 1. The number of carbonyl (C=O) groups is 1. The Bertz CT molecular complexity index is 402. The second-order valence-corrected chi connectivity index (χ2v) is 3.38. The summed E-state index contributed by atoms with van der Waals surface area (Å²) in [6, 6.07) is 4.20. The van der Waals surface area contributed by atoms with Gasteiger partial charge in [0.15, 0.2) is 0 Å². The Morgan fingerprint density at radius 2 is 2.20 bits per heavy atom. The van der Waals surface area contributed by atoms with Crippen LogP contribution in [-0.4, -0.2) is 10.9 Å². The van der Waals surface area contributed by atoms with Crippen LogP contribution >= 0.6 is 15.9 Å². The molecule has 5 nitrogen and oxygen atoms in total. The predicted molar refractivity (Wildman–Crippen MR) is 53.2 cm³/mol. The molecule has 15 heavy (non-hydrogen) atoms. The number of nitro groups is 1. The fourth-order valence-corrected chi connectivity index (χ4v) is 1.22. The second-order valence-electron chi connectivity index (χ2n) is 2.46. The standard InChI is InChI=1S/C8H6BrNO4.Na.H/c1-5(11)14-8-3-2-6(9)4-7(8)10(12)13;;/h2-4H,1H3;;/q;+1;-1. The van der Waals surface area contributed by atoms with E-state index in [1.54, 1.807) is 6.07 Å². The number of hydrogen-bond acceptors (Lipinski definition) is 4. The molecule has 0 fully saturated rings. The summed E-state index contributed by atoms with van der Waals surface area (Å²) >= 11 is 3.09.